The number of halogens is 2. The predicted molar refractivity (Wildman–Crippen MR) is 126 cm³/mol. The number of nitrogens with zero attached hydrogens (tertiary/aromatic N) is 1. The maximum absolute atomic E-state index is 13.4. The van der Waals surface area contributed by atoms with Crippen LogP contribution in [0, 0.1) is 13.8 Å². The Morgan fingerprint density at radius 1 is 1.03 bits per heavy atom. The third-order valence-electron chi connectivity index (χ3n) is 6.87. The van der Waals surface area contributed by atoms with E-state index in [0.29, 0.717) is 24.2 Å². The Bertz CT molecular complexity index is 1300. The number of carbonyl (C=O) groups excluding carboxylic acids is 1. The summed E-state index contributed by atoms with van der Waals surface area (Å²) in [6, 6.07) is 6.42. The van der Waals surface area contributed by atoms with Gasteiger partial charge in [0.15, 0.2) is 11.5 Å². The highest BCUT2D eigenvalue weighted by molar-refractivity contribution is 6.01. The maximum Gasteiger partial charge on any atom is 0.586 e. The van der Waals surface area contributed by atoms with Crippen LogP contribution in [0.1, 0.15) is 55.5 Å². The van der Waals surface area contributed by atoms with Crippen molar-refractivity contribution in [1.82, 2.24) is 4.98 Å². The van der Waals surface area contributed by atoms with Crippen molar-refractivity contribution in [2.24, 2.45) is 0 Å². The van der Waals surface area contributed by atoms with Crippen LogP contribution in [0.2, 0.25) is 0 Å². The minimum absolute atomic E-state index is 0.0322. The summed E-state index contributed by atoms with van der Waals surface area (Å²) in [7, 11) is 0. The molecule has 0 bridgehead atoms. The molecule has 1 amide bonds. The lowest BCUT2D eigenvalue weighted by Gasteiger charge is -2.18. The molecule has 1 aromatic heterocycles. The lowest BCUT2D eigenvalue weighted by Crippen LogP contribution is -2.28. The van der Waals surface area contributed by atoms with Gasteiger partial charge in [-0.1, -0.05) is 35.4 Å². The van der Waals surface area contributed by atoms with Crippen LogP contribution in [0.25, 0.3) is 5.57 Å². The number of fused-ring (bicyclic) bond motifs is 1. The first-order valence-corrected chi connectivity index (χ1v) is 11.3. The maximum atomic E-state index is 13.4. The number of allylic oxidation sites excluding steroid dienone is 6. The average molecular weight is 465 g/mol. The Balaban J connectivity index is 1.44. The van der Waals surface area contributed by atoms with E-state index in [9.17, 15) is 13.6 Å². The molecule has 1 aliphatic heterocycles. The van der Waals surface area contributed by atoms with Crippen molar-refractivity contribution < 1.29 is 23.0 Å². The molecule has 2 aliphatic carbocycles. The Hall–Kier alpha value is -3.48. The van der Waals surface area contributed by atoms with Gasteiger partial charge in [-0.15, -0.1) is 8.78 Å². The minimum atomic E-state index is -3.69. The standard InChI is InChI=1S/C27H26F2N2O3/c1-15-5-7-16(2)20(9-6-15)24-18(4)17(3)13-23(30-24)31-25(32)26(11-12-26)19-8-10-21-22(14-19)34-27(28,29)33-21/h5-6,8-10,13-14H,7,11-12H2,1-4H3,(H,30,31,32). The number of aromatic nitrogens is 1. The van der Waals surface area contributed by atoms with Crippen molar-refractivity contribution in [2.75, 3.05) is 5.32 Å². The second-order valence-corrected chi connectivity index (χ2v) is 9.34. The fourth-order valence-corrected chi connectivity index (χ4v) is 4.45. The molecule has 5 nitrogen and oxygen atoms in total. The van der Waals surface area contributed by atoms with Gasteiger partial charge in [-0.2, -0.15) is 0 Å². The van der Waals surface area contributed by atoms with Crippen LogP contribution in [0.4, 0.5) is 14.6 Å². The number of aryl methyl sites for hydroxylation is 1. The molecule has 7 heteroatoms. The monoisotopic (exact) mass is 464 g/mol. The van der Waals surface area contributed by atoms with Crippen LogP contribution in [0.15, 0.2) is 53.6 Å². The molecule has 1 fully saturated rings. The van der Waals surface area contributed by atoms with Crippen LogP contribution < -0.4 is 14.8 Å². The van der Waals surface area contributed by atoms with Crippen LogP contribution in [-0.4, -0.2) is 17.2 Å². The van der Waals surface area contributed by atoms with E-state index in [1.54, 1.807) is 6.07 Å². The van der Waals surface area contributed by atoms with Gasteiger partial charge in [0, 0.05) is 0 Å². The van der Waals surface area contributed by atoms with E-state index < -0.39 is 11.7 Å². The predicted octanol–water partition coefficient (Wildman–Crippen LogP) is 6.37. The van der Waals surface area contributed by atoms with Crippen LogP contribution in [-0.2, 0) is 10.2 Å². The Morgan fingerprint density at radius 3 is 2.50 bits per heavy atom. The highest BCUT2D eigenvalue weighted by atomic mass is 19.3. The summed E-state index contributed by atoms with van der Waals surface area (Å²) in [6.45, 7) is 8.20. The normalized spacial score (nSPS) is 19.5. The second kappa shape index (κ2) is 7.79. The molecule has 0 unspecified atom stereocenters. The van der Waals surface area contributed by atoms with Crippen LogP contribution in [0.5, 0.6) is 11.5 Å². The third-order valence-corrected chi connectivity index (χ3v) is 6.87. The van der Waals surface area contributed by atoms with Gasteiger partial charge in [0.25, 0.3) is 0 Å². The summed E-state index contributed by atoms with van der Waals surface area (Å²) in [5.41, 5.74) is 6.24. The Labute approximate surface area is 197 Å². The number of ether oxygens (including phenoxy) is 2. The third kappa shape index (κ3) is 3.89. The van der Waals surface area contributed by atoms with E-state index in [4.69, 9.17) is 4.98 Å². The molecular weight excluding hydrogens is 438 g/mol. The molecule has 0 saturated heterocycles. The van der Waals surface area contributed by atoms with E-state index in [2.05, 4.69) is 46.9 Å². The fourth-order valence-electron chi connectivity index (χ4n) is 4.45. The number of nitrogens with one attached hydrogen (secondary N) is 1. The number of anilines is 1. The molecule has 2 heterocycles. The molecule has 1 N–H and O–H groups in total. The zero-order valence-corrected chi connectivity index (χ0v) is 19.6. The fraction of sp³-hybridized carbons (Fsp3) is 0.333. The number of alkyl halides is 2. The summed E-state index contributed by atoms with van der Waals surface area (Å²) >= 11 is 0. The van der Waals surface area contributed by atoms with Crippen LogP contribution >= 0.6 is 0 Å². The smallest absolute Gasteiger partial charge is 0.395 e. The van der Waals surface area contributed by atoms with Crippen molar-refractivity contribution in [3.05, 3.63) is 76.0 Å². The number of benzene rings is 1. The first-order chi connectivity index (χ1) is 16.1. The number of carbonyl (C=O) groups is 1. The van der Waals surface area contributed by atoms with Gasteiger partial charge < -0.3 is 14.8 Å². The average Bonchev–Trinajstić information content (AvgIpc) is 3.54. The van der Waals surface area contributed by atoms with Crippen molar-refractivity contribution in [3.8, 4) is 11.5 Å². The molecule has 1 saturated carbocycles. The zero-order chi connectivity index (χ0) is 24.3. The summed E-state index contributed by atoms with van der Waals surface area (Å²) in [4.78, 5) is 18.2. The van der Waals surface area contributed by atoms with E-state index in [1.807, 2.05) is 19.9 Å². The number of rotatable bonds is 4. The number of amides is 1. The topological polar surface area (TPSA) is 60.5 Å². The Morgan fingerprint density at radius 2 is 1.76 bits per heavy atom. The quantitative estimate of drug-likeness (QED) is 0.571. The number of hydrogen-bond donors (Lipinski definition) is 1. The van der Waals surface area contributed by atoms with Crippen LogP contribution in [0.3, 0.4) is 0 Å². The Kier molecular flexibility index (Phi) is 5.11. The highest BCUT2D eigenvalue weighted by Crippen LogP contribution is 2.52. The van der Waals surface area contributed by atoms with Crippen molar-refractivity contribution in [3.63, 3.8) is 0 Å². The van der Waals surface area contributed by atoms with Gasteiger partial charge in [-0.05, 0) is 87.4 Å². The summed E-state index contributed by atoms with van der Waals surface area (Å²) < 4.78 is 35.9. The number of pyridine rings is 1. The summed E-state index contributed by atoms with van der Waals surface area (Å²) in [5.74, 6) is 0.179. The van der Waals surface area contributed by atoms with Gasteiger partial charge in [0.1, 0.15) is 5.82 Å². The largest absolute Gasteiger partial charge is 0.586 e. The van der Waals surface area contributed by atoms with E-state index >= 15 is 0 Å². The lowest BCUT2D eigenvalue weighted by molar-refractivity contribution is -0.286. The summed E-state index contributed by atoms with van der Waals surface area (Å²) in [5, 5.41) is 2.98. The van der Waals surface area contributed by atoms with Gasteiger partial charge in [-0.25, -0.2) is 4.98 Å². The summed E-state index contributed by atoms with van der Waals surface area (Å²) in [6.07, 6.45) is 4.74. The molecule has 0 radical (unpaired) electrons. The molecule has 0 spiro atoms. The second-order valence-electron chi connectivity index (χ2n) is 9.34. The zero-order valence-electron chi connectivity index (χ0n) is 19.6. The van der Waals surface area contributed by atoms with Gasteiger partial charge in [0.05, 0.1) is 11.1 Å². The van der Waals surface area contributed by atoms with E-state index in [-0.39, 0.29) is 17.4 Å². The van der Waals surface area contributed by atoms with Crippen molar-refractivity contribution >= 4 is 17.3 Å². The van der Waals surface area contributed by atoms with E-state index in [1.165, 1.54) is 23.3 Å². The molecule has 1 aromatic carbocycles. The SMILES string of the molecule is CC1=CCC(C)=C(c2nc(NC(=O)C3(c4ccc5c(c4)OC(F)(F)O5)CC3)cc(C)c2C)C=C1. The lowest BCUT2D eigenvalue weighted by atomic mass is 9.94. The van der Waals surface area contributed by atoms with Gasteiger partial charge >= 0.3 is 6.29 Å². The van der Waals surface area contributed by atoms with Crippen molar-refractivity contribution in [2.45, 2.75) is 58.7 Å². The minimum Gasteiger partial charge on any atom is -0.395 e. The molecule has 3 aliphatic rings. The van der Waals surface area contributed by atoms with Crippen molar-refractivity contribution in [1.29, 1.82) is 0 Å². The number of hydrogen-bond acceptors (Lipinski definition) is 4. The first-order valence-electron chi connectivity index (χ1n) is 11.3. The highest BCUT2D eigenvalue weighted by Gasteiger charge is 2.53. The molecule has 0 atom stereocenters. The molecule has 2 aromatic rings. The van der Waals surface area contributed by atoms with Gasteiger partial charge in [0.2, 0.25) is 5.91 Å². The molecular formula is C27H26F2N2O3. The first kappa shape index (κ1) is 22.3. The molecule has 34 heavy (non-hydrogen) atoms. The molecule has 176 valence electrons. The van der Waals surface area contributed by atoms with Gasteiger partial charge in [-0.3, -0.25) is 4.79 Å². The van der Waals surface area contributed by atoms with E-state index in [0.717, 1.165) is 28.8 Å². The molecule has 5 rings (SSSR count).